The third kappa shape index (κ3) is 2.73. The largest absolute Gasteiger partial charge is 0.466 e. The van der Waals surface area contributed by atoms with E-state index >= 15 is 0 Å². The molecule has 0 saturated carbocycles. The molecule has 5 heteroatoms. The van der Waals surface area contributed by atoms with Crippen LogP contribution in [0.25, 0.3) is 0 Å². The number of furan rings is 1. The first-order valence-electron chi connectivity index (χ1n) is 8.61. The average molecular weight is 325 g/mol. The standard InChI is InChI=1S/C19H23N3O2/c1-13-8-17(14(2)24-13)19(23)21-7-5-16-11-22(18(16)12-21)10-15-4-3-6-20-9-15/h3-4,6,8-9,16,18H,5,7,10-12H2,1-2H3/t16-,18-/m1/s1. The highest BCUT2D eigenvalue weighted by molar-refractivity contribution is 5.95. The third-order valence-corrected chi connectivity index (χ3v) is 5.33. The molecule has 0 aromatic carbocycles. The van der Waals surface area contributed by atoms with E-state index in [1.807, 2.05) is 37.1 Å². The van der Waals surface area contributed by atoms with Crippen molar-refractivity contribution in [2.75, 3.05) is 19.6 Å². The third-order valence-electron chi connectivity index (χ3n) is 5.33. The second-order valence-electron chi connectivity index (χ2n) is 6.98. The van der Waals surface area contributed by atoms with Gasteiger partial charge in [0, 0.05) is 44.6 Å². The van der Waals surface area contributed by atoms with Gasteiger partial charge < -0.3 is 9.32 Å². The van der Waals surface area contributed by atoms with Crippen molar-refractivity contribution in [1.29, 1.82) is 0 Å². The van der Waals surface area contributed by atoms with E-state index in [0.717, 1.165) is 50.0 Å². The summed E-state index contributed by atoms with van der Waals surface area (Å²) in [6.07, 6.45) is 4.82. The topological polar surface area (TPSA) is 49.6 Å². The van der Waals surface area contributed by atoms with E-state index in [1.165, 1.54) is 5.56 Å². The van der Waals surface area contributed by atoms with E-state index in [9.17, 15) is 4.79 Å². The van der Waals surface area contributed by atoms with Crippen molar-refractivity contribution in [1.82, 2.24) is 14.8 Å². The fourth-order valence-electron chi connectivity index (χ4n) is 4.01. The number of carbonyl (C=O) groups excluding carboxylic acids is 1. The molecule has 2 atom stereocenters. The molecule has 2 aliphatic rings. The van der Waals surface area contributed by atoms with Crippen molar-refractivity contribution in [2.45, 2.75) is 32.9 Å². The minimum Gasteiger partial charge on any atom is -0.466 e. The quantitative estimate of drug-likeness (QED) is 0.870. The van der Waals surface area contributed by atoms with Crippen molar-refractivity contribution < 1.29 is 9.21 Å². The van der Waals surface area contributed by atoms with Crippen LogP contribution in [0.5, 0.6) is 0 Å². The molecule has 1 amide bonds. The minimum atomic E-state index is 0.107. The van der Waals surface area contributed by atoms with Crippen LogP contribution in [0, 0.1) is 19.8 Å². The SMILES string of the molecule is Cc1cc(C(=O)N2CC[C@@H]3CN(Cc4cccnc4)[C@@H]3C2)c(C)o1. The molecule has 2 saturated heterocycles. The van der Waals surface area contributed by atoms with Gasteiger partial charge in [-0.3, -0.25) is 14.7 Å². The maximum atomic E-state index is 12.8. The lowest BCUT2D eigenvalue weighted by Gasteiger charge is -2.53. The second-order valence-corrected chi connectivity index (χ2v) is 6.98. The number of aromatic nitrogens is 1. The molecule has 2 aliphatic heterocycles. The maximum absolute atomic E-state index is 12.8. The Morgan fingerprint density at radius 3 is 2.96 bits per heavy atom. The lowest BCUT2D eigenvalue weighted by Crippen LogP contribution is -2.64. The fraction of sp³-hybridized carbons (Fsp3) is 0.474. The van der Waals surface area contributed by atoms with Crippen LogP contribution in [0.4, 0.5) is 0 Å². The Hall–Kier alpha value is -2.14. The number of amides is 1. The predicted molar refractivity (Wildman–Crippen MR) is 90.6 cm³/mol. The summed E-state index contributed by atoms with van der Waals surface area (Å²) < 4.78 is 5.52. The lowest BCUT2D eigenvalue weighted by molar-refractivity contribution is -0.0428. The first-order valence-corrected chi connectivity index (χ1v) is 8.61. The number of nitrogens with zero attached hydrogens (tertiary/aromatic N) is 3. The summed E-state index contributed by atoms with van der Waals surface area (Å²) in [5, 5.41) is 0. The van der Waals surface area contributed by atoms with Crippen LogP contribution in [0.15, 0.2) is 35.0 Å². The predicted octanol–water partition coefficient (Wildman–Crippen LogP) is 2.64. The Morgan fingerprint density at radius 1 is 1.38 bits per heavy atom. The summed E-state index contributed by atoms with van der Waals surface area (Å²) in [5.41, 5.74) is 1.95. The zero-order valence-electron chi connectivity index (χ0n) is 14.2. The van der Waals surface area contributed by atoms with Gasteiger partial charge in [0.05, 0.1) is 5.56 Å². The van der Waals surface area contributed by atoms with Gasteiger partial charge in [0.25, 0.3) is 5.91 Å². The Labute approximate surface area is 142 Å². The molecule has 4 rings (SSSR count). The number of aryl methyl sites for hydroxylation is 2. The summed E-state index contributed by atoms with van der Waals surface area (Å²) in [4.78, 5) is 21.5. The number of hydrogen-bond acceptors (Lipinski definition) is 4. The summed E-state index contributed by atoms with van der Waals surface area (Å²) >= 11 is 0. The van der Waals surface area contributed by atoms with Crippen LogP contribution in [-0.4, -0.2) is 46.4 Å². The molecule has 24 heavy (non-hydrogen) atoms. The number of likely N-dealkylation sites (tertiary alicyclic amines) is 2. The van der Waals surface area contributed by atoms with Crippen LogP contribution in [0.2, 0.25) is 0 Å². The average Bonchev–Trinajstić information content (AvgIpc) is 2.91. The van der Waals surface area contributed by atoms with Crippen molar-refractivity contribution in [3.05, 3.63) is 53.2 Å². The highest BCUT2D eigenvalue weighted by Crippen LogP contribution is 2.34. The highest BCUT2D eigenvalue weighted by Gasteiger charge is 2.43. The fourth-order valence-corrected chi connectivity index (χ4v) is 4.01. The molecule has 5 nitrogen and oxygen atoms in total. The van der Waals surface area contributed by atoms with Gasteiger partial charge >= 0.3 is 0 Å². The van der Waals surface area contributed by atoms with Crippen LogP contribution >= 0.6 is 0 Å². The number of hydrogen-bond donors (Lipinski definition) is 0. The number of fused-ring (bicyclic) bond motifs is 1. The lowest BCUT2D eigenvalue weighted by atomic mass is 9.82. The van der Waals surface area contributed by atoms with E-state index < -0.39 is 0 Å². The molecule has 2 aromatic heterocycles. The summed E-state index contributed by atoms with van der Waals surface area (Å²) in [5.74, 6) is 2.35. The molecular formula is C19H23N3O2. The van der Waals surface area contributed by atoms with Gasteiger partial charge in [-0.05, 0) is 43.9 Å². The van der Waals surface area contributed by atoms with E-state index in [2.05, 4.69) is 16.0 Å². The maximum Gasteiger partial charge on any atom is 0.257 e. The Kier molecular flexibility index (Phi) is 3.88. The van der Waals surface area contributed by atoms with E-state index in [4.69, 9.17) is 4.42 Å². The van der Waals surface area contributed by atoms with Crippen LogP contribution in [0.3, 0.4) is 0 Å². The van der Waals surface area contributed by atoms with E-state index in [1.54, 1.807) is 6.20 Å². The first kappa shape index (κ1) is 15.4. The first-order chi connectivity index (χ1) is 11.6. The molecule has 2 fully saturated rings. The Balaban J connectivity index is 1.43. The van der Waals surface area contributed by atoms with Gasteiger partial charge in [-0.25, -0.2) is 0 Å². The molecule has 0 radical (unpaired) electrons. The van der Waals surface area contributed by atoms with E-state index in [-0.39, 0.29) is 5.91 Å². The van der Waals surface area contributed by atoms with Crippen LogP contribution < -0.4 is 0 Å². The van der Waals surface area contributed by atoms with Gasteiger partial charge in [0.2, 0.25) is 0 Å². The van der Waals surface area contributed by atoms with Crippen molar-refractivity contribution in [3.8, 4) is 0 Å². The number of rotatable bonds is 3. The number of piperidine rings is 1. The highest BCUT2D eigenvalue weighted by atomic mass is 16.3. The number of pyridine rings is 1. The molecule has 4 heterocycles. The number of carbonyl (C=O) groups is 1. The Bertz CT molecular complexity index is 740. The van der Waals surface area contributed by atoms with Gasteiger partial charge in [-0.15, -0.1) is 0 Å². The normalized spacial score (nSPS) is 23.7. The molecule has 2 aromatic rings. The van der Waals surface area contributed by atoms with Crippen LogP contribution in [0.1, 0.15) is 33.9 Å². The molecule has 0 N–H and O–H groups in total. The smallest absolute Gasteiger partial charge is 0.257 e. The van der Waals surface area contributed by atoms with Gasteiger partial charge in [0.15, 0.2) is 0 Å². The summed E-state index contributed by atoms with van der Waals surface area (Å²) in [6, 6.07) is 6.42. The molecular weight excluding hydrogens is 302 g/mol. The zero-order chi connectivity index (χ0) is 16.7. The summed E-state index contributed by atoms with van der Waals surface area (Å²) in [7, 11) is 0. The minimum absolute atomic E-state index is 0.107. The van der Waals surface area contributed by atoms with Crippen molar-refractivity contribution in [3.63, 3.8) is 0 Å². The summed E-state index contributed by atoms with van der Waals surface area (Å²) in [6.45, 7) is 7.47. The van der Waals surface area contributed by atoms with Gasteiger partial charge in [-0.2, -0.15) is 0 Å². The monoisotopic (exact) mass is 325 g/mol. The van der Waals surface area contributed by atoms with Crippen LogP contribution in [-0.2, 0) is 6.54 Å². The molecule has 0 unspecified atom stereocenters. The van der Waals surface area contributed by atoms with Crippen molar-refractivity contribution in [2.24, 2.45) is 5.92 Å². The van der Waals surface area contributed by atoms with E-state index in [0.29, 0.717) is 11.6 Å². The van der Waals surface area contributed by atoms with Crippen molar-refractivity contribution >= 4 is 5.91 Å². The van der Waals surface area contributed by atoms with Gasteiger partial charge in [-0.1, -0.05) is 6.07 Å². The molecule has 0 aliphatic carbocycles. The molecule has 126 valence electrons. The second kappa shape index (κ2) is 6.06. The Morgan fingerprint density at radius 2 is 2.25 bits per heavy atom. The molecule has 0 bridgehead atoms. The van der Waals surface area contributed by atoms with Gasteiger partial charge in [0.1, 0.15) is 11.5 Å². The zero-order valence-corrected chi connectivity index (χ0v) is 14.2. The molecule has 0 spiro atoms.